The molecule has 1 aromatic carbocycles. The molecule has 2 N–H and O–H groups in total. The molecule has 0 heterocycles. The molecule has 0 aliphatic carbocycles. The third-order valence-corrected chi connectivity index (χ3v) is 2.87. The summed E-state index contributed by atoms with van der Waals surface area (Å²) >= 11 is 0. The van der Waals surface area contributed by atoms with Crippen LogP contribution in [0.4, 0.5) is 4.39 Å². The molecule has 19 heavy (non-hydrogen) atoms. The summed E-state index contributed by atoms with van der Waals surface area (Å²) in [6.45, 7) is 5.47. The summed E-state index contributed by atoms with van der Waals surface area (Å²) < 4.78 is 18.4. The van der Waals surface area contributed by atoms with Crippen molar-refractivity contribution in [2.24, 2.45) is 5.92 Å². The number of carbonyl (C=O) groups excluding carboxylic acids is 1. The van der Waals surface area contributed by atoms with Crippen LogP contribution in [0, 0.1) is 11.7 Å². The molecule has 0 radical (unpaired) electrons. The number of carbonyl (C=O) groups is 1. The Morgan fingerprint density at radius 2 is 2.05 bits per heavy atom. The van der Waals surface area contributed by atoms with E-state index in [1.165, 1.54) is 18.2 Å². The highest BCUT2D eigenvalue weighted by Gasteiger charge is 2.11. The molecule has 0 saturated carbocycles. The van der Waals surface area contributed by atoms with Gasteiger partial charge in [-0.25, -0.2) is 4.39 Å². The fourth-order valence-corrected chi connectivity index (χ4v) is 1.41. The second-order valence-corrected chi connectivity index (χ2v) is 4.84. The second kappa shape index (κ2) is 7.09. The molecule has 1 aromatic rings. The van der Waals surface area contributed by atoms with Crippen molar-refractivity contribution in [1.82, 2.24) is 5.32 Å². The number of halogens is 1. The number of aliphatic hydroxyl groups is 1. The standard InChI is InChI=1S/C14H20FNO3/c1-9(2)10(3)16-14(18)8-19-13-5-11(7-17)4-12(15)6-13/h4-6,9-10,17H,7-8H2,1-3H3,(H,16,18). The zero-order valence-electron chi connectivity index (χ0n) is 11.4. The van der Waals surface area contributed by atoms with Crippen molar-refractivity contribution in [2.75, 3.05) is 6.61 Å². The summed E-state index contributed by atoms with van der Waals surface area (Å²) in [5.41, 5.74) is 0.408. The lowest BCUT2D eigenvalue weighted by atomic mass is 10.1. The smallest absolute Gasteiger partial charge is 0.258 e. The predicted molar refractivity (Wildman–Crippen MR) is 70.3 cm³/mol. The van der Waals surface area contributed by atoms with E-state index in [9.17, 15) is 9.18 Å². The van der Waals surface area contributed by atoms with Crippen molar-refractivity contribution < 1.29 is 19.0 Å². The van der Waals surface area contributed by atoms with Gasteiger partial charge in [-0.2, -0.15) is 0 Å². The SMILES string of the molecule is CC(C)C(C)NC(=O)COc1cc(F)cc(CO)c1. The first-order valence-corrected chi connectivity index (χ1v) is 6.25. The number of rotatable bonds is 6. The van der Waals surface area contributed by atoms with Crippen molar-refractivity contribution >= 4 is 5.91 Å². The molecule has 0 spiro atoms. The third kappa shape index (κ3) is 5.26. The van der Waals surface area contributed by atoms with Gasteiger partial charge in [-0.3, -0.25) is 4.79 Å². The lowest BCUT2D eigenvalue weighted by Gasteiger charge is -2.17. The van der Waals surface area contributed by atoms with E-state index < -0.39 is 5.82 Å². The number of hydrogen-bond donors (Lipinski definition) is 2. The van der Waals surface area contributed by atoms with Crippen LogP contribution in [0.5, 0.6) is 5.75 Å². The van der Waals surface area contributed by atoms with E-state index in [0.29, 0.717) is 11.5 Å². The van der Waals surface area contributed by atoms with Gasteiger partial charge in [0.05, 0.1) is 6.61 Å². The quantitative estimate of drug-likeness (QED) is 0.828. The lowest BCUT2D eigenvalue weighted by Crippen LogP contribution is -2.38. The van der Waals surface area contributed by atoms with Crippen molar-refractivity contribution in [3.63, 3.8) is 0 Å². The summed E-state index contributed by atoms with van der Waals surface area (Å²) in [6.07, 6.45) is 0. The van der Waals surface area contributed by atoms with Crippen molar-refractivity contribution in [1.29, 1.82) is 0 Å². The molecule has 106 valence electrons. The van der Waals surface area contributed by atoms with Gasteiger partial charge in [0, 0.05) is 12.1 Å². The van der Waals surface area contributed by atoms with E-state index in [2.05, 4.69) is 5.32 Å². The summed E-state index contributed by atoms with van der Waals surface area (Å²) in [5, 5.41) is 11.7. The van der Waals surface area contributed by atoms with Crippen LogP contribution in [-0.2, 0) is 11.4 Å². The molecule has 0 saturated heterocycles. The summed E-state index contributed by atoms with van der Waals surface area (Å²) in [4.78, 5) is 11.6. The van der Waals surface area contributed by atoms with E-state index in [0.717, 1.165) is 0 Å². The van der Waals surface area contributed by atoms with Gasteiger partial charge in [0.1, 0.15) is 11.6 Å². The van der Waals surface area contributed by atoms with Gasteiger partial charge in [-0.05, 0) is 30.5 Å². The molecule has 1 amide bonds. The molecule has 4 nitrogen and oxygen atoms in total. The van der Waals surface area contributed by atoms with Crippen LogP contribution >= 0.6 is 0 Å². The number of hydrogen-bond acceptors (Lipinski definition) is 3. The van der Waals surface area contributed by atoms with Crippen LogP contribution in [-0.4, -0.2) is 23.7 Å². The maximum absolute atomic E-state index is 13.2. The number of benzene rings is 1. The molecule has 0 bridgehead atoms. The lowest BCUT2D eigenvalue weighted by molar-refractivity contribution is -0.124. The molecule has 1 rings (SSSR count). The highest BCUT2D eigenvalue weighted by molar-refractivity contribution is 5.77. The topological polar surface area (TPSA) is 58.6 Å². The summed E-state index contributed by atoms with van der Waals surface area (Å²) in [7, 11) is 0. The Balaban J connectivity index is 2.52. The molecule has 0 aliphatic rings. The molecular formula is C14H20FNO3. The molecule has 0 fully saturated rings. The average Bonchev–Trinajstić information content (AvgIpc) is 2.35. The highest BCUT2D eigenvalue weighted by atomic mass is 19.1. The van der Waals surface area contributed by atoms with Gasteiger partial charge < -0.3 is 15.2 Å². The van der Waals surface area contributed by atoms with E-state index >= 15 is 0 Å². The Bertz CT molecular complexity index is 435. The molecule has 1 unspecified atom stereocenters. The molecule has 1 atom stereocenters. The van der Waals surface area contributed by atoms with Gasteiger partial charge in [0.2, 0.25) is 0 Å². The second-order valence-electron chi connectivity index (χ2n) is 4.84. The van der Waals surface area contributed by atoms with E-state index in [1.54, 1.807) is 0 Å². The zero-order valence-corrected chi connectivity index (χ0v) is 11.4. The minimum absolute atomic E-state index is 0.0524. The van der Waals surface area contributed by atoms with Gasteiger partial charge in [0.15, 0.2) is 6.61 Å². The molecule has 0 aliphatic heterocycles. The zero-order chi connectivity index (χ0) is 14.4. The van der Waals surface area contributed by atoms with Gasteiger partial charge in [-0.1, -0.05) is 13.8 Å². The average molecular weight is 269 g/mol. The number of nitrogens with one attached hydrogen (secondary N) is 1. The maximum Gasteiger partial charge on any atom is 0.258 e. The fraction of sp³-hybridized carbons (Fsp3) is 0.500. The molecule has 5 heteroatoms. The first-order valence-electron chi connectivity index (χ1n) is 6.25. The minimum Gasteiger partial charge on any atom is -0.484 e. The van der Waals surface area contributed by atoms with Crippen molar-refractivity contribution in [3.05, 3.63) is 29.6 Å². The van der Waals surface area contributed by atoms with Crippen LogP contribution in [0.3, 0.4) is 0 Å². The first-order chi connectivity index (χ1) is 8.92. The van der Waals surface area contributed by atoms with Gasteiger partial charge >= 0.3 is 0 Å². The summed E-state index contributed by atoms with van der Waals surface area (Å²) in [6, 6.07) is 3.95. The normalized spacial score (nSPS) is 12.3. The third-order valence-electron chi connectivity index (χ3n) is 2.87. The minimum atomic E-state index is -0.502. The van der Waals surface area contributed by atoms with Crippen molar-refractivity contribution in [3.8, 4) is 5.75 Å². The van der Waals surface area contributed by atoms with Crippen LogP contribution in [0.2, 0.25) is 0 Å². The van der Waals surface area contributed by atoms with Crippen LogP contribution in [0.25, 0.3) is 0 Å². The Kier molecular flexibility index (Phi) is 5.76. The summed E-state index contributed by atoms with van der Waals surface area (Å²) in [5.74, 6) is -0.191. The highest BCUT2D eigenvalue weighted by Crippen LogP contribution is 2.16. The monoisotopic (exact) mass is 269 g/mol. The molecular weight excluding hydrogens is 249 g/mol. The Labute approximate surface area is 112 Å². The van der Waals surface area contributed by atoms with Gasteiger partial charge in [0.25, 0.3) is 5.91 Å². The number of aliphatic hydroxyl groups excluding tert-OH is 1. The fourth-order valence-electron chi connectivity index (χ4n) is 1.41. The Morgan fingerprint density at radius 1 is 1.37 bits per heavy atom. The molecule has 0 aromatic heterocycles. The van der Waals surface area contributed by atoms with Crippen LogP contribution < -0.4 is 10.1 Å². The Hall–Kier alpha value is -1.62. The van der Waals surface area contributed by atoms with Crippen LogP contribution in [0.1, 0.15) is 26.3 Å². The largest absolute Gasteiger partial charge is 0.484 e. The van der Waals surface area contributed by atoms with Crippen LogP contribution in [0.15, 0.2) is 18.2 Å². The Morgan fingerprint density at radius 3 is 2.63 bits per heavy atom. The first kappa shape index (κ1) is 15.4. The van der Waals surface area contributed by atoms with E-state index in [-0.39, 0.29) is 30.9 Å². The maximum atomic E-state index is 13.2. The number of amides is 1. The predicted octanol–water partition coefficient (Wildman–Crippen LogP) is 1.86. The number of ether oxygens (including phenoxy) is 1. The van der Waals surface area contributed by atoms with Gasteiger partial charge in [-0.15, -0.1) is 0 Å². The van der Waals surface area contributed by atoms with E-state index in [4.69, 9.17) is 9.84 Å². The van der Waals surface area contributed by atoms with E-state index in [1.807, 2.05) is 20.8 Å². The van der Waals surface area contributed by atoms with Crippen molar-refractivity contribution in [2.45, 2.75) is 33.4 Å².